The van der Waals surface area contributed by atoms with Gasteiger partial charge in [0.2, 0.25) is 5.91 Å². The Bertz CT molecular complexity index is 871. The summed E-state index contributed by atoms with van der Waals surface area (Å²) in [6, 6.07) is 7.17. The van der Waals surface area contributed by atoms with Crippen molar-refractivity contribution in [1.29, 1.82) is 0 Å². The molecule has 1 saturated heterocycles. The predicted molar refractivity (Wildman–Crippen MR) is 138 cm³/mol. The number of benzene rings is 1. The summed E-state index contributed by atoms with van der Waals surface area (Å²) in [4.78, 5) is 22.1. The fraction of sp³-hybridized carbons (Fsp3) is 0.643. The normalized spacial score (nSPS) is 21.8. The summed E-state index contributed by atoms with van der Waals surface area (Å²) in [6.07, 6.45) is 8.13. The van der Waals surface area contributed by atoms with E-state index in [1.165, 1.54) is 25.7 Å². The number of rotatable bonds is 6. The summed E-state index contributed by atoms with van der Waals surface area (Å²) in [6.45, 7) is 14.2. The van der Waals surface area contributed by atoms with Crippen molar-refractivity contribution in [2.75, 3.05) is 19.6 Å². The molecule has 5 nitrogen and oxygen atoms in total. The Morgan fingerprint density at radius 1 is 1.18 bits per heavy atom. The molecule has 6 heteroatoms. The molecule has 0 spiro atoms. The molecule has 2 unspecified atom stereocenters. The first kappa shape index (κ1) is 26.4. The van der Waals surface area contributed by atoms with Gasteiger partial charge in [-0.2, -0.15) is 0 Å². The van der Waals surface area contributed by atoms with Crippen LogP contribution >= 0.6 is 0 Å². The lowest BCUT2D eigenvalue weighted by molar-refractivity contribution is -0.135. The molecular weight excluding hydrogens is 427 g/mol. The monoisotopic (exact) mass is 470 g/mol. The Balaban J connectivity index is 2.08. The van der Waals surface area contributed by atoms with Gasteiger partial charge in [-0.15, -0.1) is 0 Å². The highest BCUT2D eigenvalue weighted by molar-refractivity contribution is 5.92. The highest BCUT2D eigenvalue weighted by Crippen LogP contribution is 2.37. The second kappa shape index (κ2) is 11.5. The molecule has 1 amide bonds. The minimum atomic E-state index is -0.568. The quantitative estimate of drug-likeness (QED) is 0.341. The molecule has 1 saturated carbocycles. The zero-order valence-corrected chi connectivity index (χ0v) is 21.5. The zero-order chi connectivity index (χ0) is 24.9. The van der Waals surface area contributed by atoms with Crippen molar-refractivity contribution >= 4 is 11.7 Å². The Kier molecular flexibility index (Phi) is 8.91. The van der Waals surface area contributed by atoms with E-state index in [2.05, 4.69) is 25.3 Å². The number of hydrogen-bond acceptors (Lipinski definition) is 3. The summed E-state index contributed by atoms with van der Waals surface area (Å²) in [5.74, 6) is 1.07. The van der Waals surface area contributed by atoms with Crippen LogP contribution in [0.4, 0.5) is 4.39 Å². The van der Waals surface area contributed by atoms with Crippen molar-refractivity contribution in [3.8, 4) is 0 Å². The van der Waals surface area contributed by atoms with E-state index >= 15 is 0 Å². The van der Waals surface area contributed by atoms with Crippen LogP contribution in [0.25, 0.3) is 0 Å². The molecule has 34 heavy (non-hydrogen) atoms. The topological polar surface area (TPSA) is 61.9 Å². The summed E-state index contributed by atoms with van der Waals surface area (Å²) < 4.78 is 13.8. The number of nitrogens with two attached hydrogens (primary N) is 1. The van der Waals surface area contributed by atoms with Crippen LogP contribution in [0.2, 0.25) is 0 Å². The largest absolute Gasteiger partial charge is 0.330 e. The summed E-state index contributed by atoms with van der Waals surface area (Å²) in [7, 11) is 0. The van der Waals surface area contributed by atoms with E-state index in [4.69, 9.17) is 10.7 Å². The molecule has 1 aliphatic heterocycles. The fourth-order valence-corrected chi connectivity index (χ4v) is 5.43. The maximum absolute atomic E-state index is 13.8. The number of hydrogen-bond donors (Lipinski definition) is 1. The van der Waals surface area contributed by atoms with Crippen LogP contribution in [0.5, 0.6) is 0 Å². The number of halogens is 1. The van der Waals surface area contributed by atoms with Crippen molar-refractivity contribution in [3.63, 3.8) is 0 Å². The van der Waals surface area contributed by atoms with Crippen LogP contribution in [0.15, 0.2) is 41.5 Å². The minimum absolute atomic E-state index is 0.00912. The Labute approximate surface area is 205 Å². The van der Waals surface area contributed by atoms with Crippen LogP contribution in [0.1, 0.15) is 84.1 Å². The number of carbonyl (C=O) groups is 1. The van der Waals surface area contributed by atoms with E-state index < -0.39 is 5.54 Å². The van der Waals surface area contributed by atoms with Gasteiger partial charge in [0, 0.05) is 24.7 Å². The van der Waals surface area contributed by atoms with Crippen LogP contribution in [0, 0.1) is 11.7 Å². The number of nitrogens with zero attached hydrogens (tertiary/aromatic N) is 3. The molecule has 1 aliphatic carbocycles. The molecule has 2 atom stereocenters. The third-order valence-electron chi connectivity index (χ3n) is 7.87. The van der Waals surface area contributed by atoms with E-state index in [0.29, 0.717) is 19.0 Å². The maximum Gasteiger partial charge on any atom is 0.237 e. The third kappa shape index (κ3) is 5.70. The van der Waals surface area contributed by atoms with Crippen LogP contribution in [0.3, 0.4) is 0 Å². The van der Waals surface area contributed by atoms with Gasteiger partial charge in [-0.25, -0.2) is 4.39 Å². The Morgan fingerprint density at radius 3 is 2.35 bits per heavy atom. The van der Waals surface area contributed by atoms with Gasteiger partial charge < -0.3 is 15.5 Å². The molecule has 1 heterocycles. The van der Waals surface area contributed by atoms with E-state index in [9.17, 15) is 9.18 Å². The third-order valence-corrected chi connectivity index (χ3v) is 7.87. The number of amides is 1. The van der Waals surface area contributed by atoms with E-state index in [0.717, 1.165) is 36.4 Å². The lowest BCUT2D eigenvalue weighted by Crippen LogP contribution is -2.62. The lowest BCUT2D eigenvalue weighted by Gasteiger charge is -2.51. The van der Waals surface area contributed by atoms with Crippen LogP contribution in [-0.2, 0) is 4.79 Å². The number of aliphatic imine (C=N–C) groups is 1. The zero-order valence-electron chi connectivity index (χ0n) is 21.5. The van der Waals surface area contributed by atoms with Gasteiger partial charge >= 0.3 is 0 Å². The van der Waals surface area contributed by atoms with Crippen molar-refractivity contribution in [2.24, 2.45) is 16.6 Å². The van der Waals surface area contributed by atoms with E-state index in [-0.39, 0.29) is 30.2 Å². The SMILES string of the molecule is C=C1N(C(=NC2CCCCCC2)C(c2ccc(F)cc2)C(C)CC)CCN(C(=O)CN)C1(C)C. The number of piperazine rings is 1. The van der Waals surface area contributed by atoms with Crippen molar-refractivity contribution in [2.45, 2.75) is 90.1 Å². The summed E-state index contributed by atoms with van der Waals surface area (Å²) >= 11 is 0. The molecule has 2 N–H and O–H groups in total. The first-order valence-electron chi connectivity index (χ1n) is 13.0. The molecular formula is C28H43FN4O. The highest BCUT2D eigenvalue weighted by Gasteiger charge is 2.42. The fourth-order valence-electron chi connectivity index (χ4n) is 5.43. The van der Waals surface area contributed by atoms with E-state index in [1.807, 2.05) is 30.9 Å². The second-order valence-corrected chi connectivity index (χ2v) is 10.5. The predicted octanol–water partition coefficient (Wildman–Crippen LogP) is 5.47. The molecule has 1 aromatic rings. The van der Waals surface area contributed by atoms with Gasteiger partial charge in [-0.05, 0) is 50.3 Å². The summed E-state index contributed by atoms with van der Waals surface area (Å²) in [5.41, 5.74) is 7.08. The Morgan fingerprint density at radius 2 is 1.79 bits per heavy atom. The van der Waals surface area contributed by atoms with Crippen molar-refractivity contribution in [1.82, 2.24) is 9.80 Å². The molecule has 0 bridgehead atoms. The number of amidine groups is 1. The first-order chi connectivity index (χ1) is 16.2. The smallest absolute Gasteiger partial charge is 0.237 e. The molecule has 188 valence electrons. The molecule has 2 fully saturated rings. The molecule has 0 aromatic heterocycles. The lowest BCUT2D eigenvalue weighted by atomic mass is 9.82. The summed E-state index contributed by atoms with van der Waals surface area (Å²) in [5, 5.41) is 0. The second-order valence-electron chi connectivity index (χ2n) is 10.5. The molecule has 0 radical (unpaired) electrons. The standard InChI is InChI=1S/C28H43FN4O/c1-6-20(2)26(22-13-15-23(29)16-14-22)27(31-24-11-9-7-8-10-12-24)32-17-18-33(25(34)19-30)28(4,5)21(32)3/h13-16,20,24,26H,3,6-12,17-19,30H2,1-2,4-5H3. The molecule has 2 aliphatic rings. The van der Waals surface area contributed by atoms with Crippen molar-refractivity contribution < 1.29 is 9.18 Å². The van der Waals surface area contributed by atoms with Crippen LogP contribution in [-0.4, -0.2) is 52.8 Å². The minimum Gasteiger partial charge on any atom is -0.330 e. The maximum atomic E-state index is 13.8. The highest BCUT2D eigenvalue weighted by atomic mass is 19.1. The average molecular weight is 471 g/mol. The van der Waals surface area contributed by atoms with Gasteiger partial charge in [0.1, 0.15) is 11.7 Å². The number of carbonyl (C=O) groups excluding carboxylic acids is 1. The van der Waals surface area contributed by atoms with Gasteiger partial charge in [0.15, 0.2) is 0 Å². The molecule has 3 rings (SSSR count). The molecule has 1 aromatic carbocycles. The average Bonchev–Trinajstić information content (AvgIpc) is 3.09. The van der Waals surface area contributed by atoms with Gasteiger partial charge in [0.25, 0.3) is 0 Å². The van der Waals surface area contributed by atoms with Crippen molar-refractivity contribution in [3.05, 3.63) is 47.9 Å². The van der Waals surface area contributed by atoms with Gasteiger partial charge in [-0.3, -0.25) is 9.79 Å². The van der Waals surface area contributed by atoms with Gasteiger partial charge in [0.05, 0.1) is 18.1 Å². The van der Waals surface area contributed by atoms with E-state index in [1.54, 1.807) is 12.1 Å². The first-order valence-corrected chi connectivity index (χ1v) is 13.0. The van der Waals surface area contributed by atoms with Crippen LogP contribution < -0.4 is 5.73 Å². The Hall–Kier alpha value is -2.21. The van der Waals surface area contributed by atoms with Gasteiger partial charge in [-0.1, -0.05) is 64.7 Å².